The van der Waals surface area contributed by atoms with Crippen LogP contribution in [0.4, 0.5) is 0 Å². The van der Waals surface area contributed by atoms with Crippen molar-refractivity contribution in [2.75, 3.05) is 0 Å². The summed E-state index contributed by atoms with van der Waals surface area (Å²) in [6.45, 7) is 0.457. The first-order valence-electron chi connectivity index (χ1n) is 8.93. The number of hydrogen-bond donors (Lipinski definition) is 0. The first kappa shape index (κ1) is 15.8. The average molecular weight is 334 g/mol. The molecule has 1 aromatic carbocycles. The Labute approximate surface area is 147 Å². The maximum Gasteiger partial charge on any atom is 0.130 e. The molecule has 0 N–H and O–H groups in total. The van der Waals surface area contributed by atoms with E-state index in [0.29, 0.717) is 12.6 Å². The summed E-state index contributed by atoms with van der Waals surface area (Å²) in [6, 6.07) is 14.3. The number of pyridine rings is 1. The minimum atomic E-state index is 0.457. The van der Waals surface area contributed by atoms with E-state index in [1.807, 2.05) is 47.1 Å². The van der Waals surface area contributed by atoms with Crippen LogP contribution in [0.3, 0.4) is 0 Å². The zero-order valence-electron chi connectivity index (χ0n) is 14.2. The first-order chi connectivity index (χ1) is 12.4. The fourth-order valence-electron chi connectivity index (χ4n) is 3.32. The Morgan fingerprint density at radius 1 is 1.04 bits per heavy atom. The molecule has 1 fully saturated rings. The zero-order chi connectivity index (χ0) is 16.9. The minimum absolute atomic E-state index is 0.457. The summed E-state index contributed by atoms with van der Waals surface area (Å²) < 4.78 is 7.90. The molecule has 0 amide bonds. The Kier molecular flexibility index (Phi) is 4.72. The molecule has 0 atom stereocenters. The number of ether oxygens (including phenoxy) is 1. The van der Waals surface area contributed by atoms with E-state index in [9.17, 15) is 0 Å². The Bertz CT molecular complexity index is 809. The number of aromatic nitrogens is 4. The molecule has 25 heavy (non-hydrogen) atoms. The summed E-state index contributed by atoms with van der Waals surface area (Å²) in [7, 11) is 0. The summed E-state index contributed by atoms with van der Waals surface area (Å²) in [5.41, 5.74) is 2.84. The van der Waals surface area contributed by atoms with Crippen LogP contribution in [0.5, 0.6) is 5.75 Å². The molecule has 2 aromatic heterocycles. The van der Waals surface area contributed by atoms with Gasteiger partial charge >= 0.3 is 0 Å². The van der Waals surface area contributed by atoms with Crippen LogP contribution in [-0.2, 0) is 6.61 Å². The predicted octanol–water partition coefficient (Wildman–Crippen LogP) is 4.42. The molecule has 3 aromatic rings. The van der Waals surface area contributed by atoms with Crippen LogP contribution in [-0.4, -0.2) is 20.0 Å². The summed E-state index contributed by atoms with van der Waals surface area (Å²) in [6.07, 6.45) is 10.2. The monoisotopic (exact) mass is 334 g/mol. The highest BCUT2D eigenvalue weighted by atomic mass is 16.5. The largest absolute Gasteiger partial charge is 0.487 e. The van der Waals surface area contributed by atoms with Crippen molar-refractivity contribution in [2.45, 2.75) is 44.8 Å². The second kappa shape index (κ2) is 7.47. The molecule has 0 aliphatic heterocycles. The molecular formula is C20H22N4O. The number of nitrogens with zero attached hydrogens (tertiary/aromatic N) is 4. The molecule has 5 nitrogen and oxygen atoms in total. The molecule has 1 aliphatic carbocycles. The topological polar surface area (TPSA) is 52.8 Å². The van der Waals surface area contributed by atoms with Crippen molar-refractivity contribution in [3.05, 3.63) is 60.6 Å². The van der Waals surface area contributed by atoms with E-state index in [2.05, 4.69) is 21.5 Å². The van der Waals surface area contributed by atoms with Gasteiger partial charge in [0.05, 0.1) is 17.9 Å². The smallest absolute Gasteiger partial charge is 0.130 e. The van der Waals surface area contributed by atoms with Crippen molar-refractivity contribution in [1.29, 1.82) is 0 Å². The molecule has 0 bridgehead atoms. The normalized spacial score (nSPS) is 15.2. The molecule has 1 aliphatic rings. The third kappa shape index (κ3) is 3.87. The van der Waals surface area contributed by atoms with E-state index in [0.717, 1.165) is 22.7 Å². The van der Waals surface area contributed by atoms with Crippen molar-refractivity contribution in [3.63, 3.8) is 0 Å². The van der Waals surface area contributed by atoms with Crippen molar-refractivity contribution in [3.8, 4) is 17.0 Å². The Hall–Kier alpha value is -2.69. The van der Waals surface area contributed by atoms with Crippen LogP contribution in [0.1, 0.15) is 43.8 Å². The summed E-state index contributed by atoms with van der Waals surface area (Å²) in [5.74, 6) is 0.815. The van der Waals surface area contributed by atoms with E-state index in [1.165, 1.54) is 32.1 Å². The van der Waals surface area contributed by atoms with Crippen LogP contribution in [0.15, 0.2) is 54.9 Å². The number of hydrogen-bond acceptors (Lipinski definition) is 4. The highest BCUT2D eigenvalue weighted by Crippen LogP contribution is 2.29. The Morgan fingerprint density at radius 2 is 1.96 bits per heavy atom. The average Bonchev–Trinajstić information content (AvgIpc) is 3.18. The zero-order valence-corrected chi connectivity index (χ0v) is 14.2. The van der Waals surface area contributed by atoms with Gasteiger partial charge in [-0.25, -0.2) is 4.68 Å². The van der Waals surface area contributed by atoms with Gasteiger partial charge in [-0.15, -0.1) is 5.10 Å². The quantitative estimate of drug-likeness (QED) is 0.693. The molecule has 128 valence electrons. The molecule has 0 unspecified atom stereocenters. The summed E-state index contributed by atoms with van der Waals surface area (Å²) in [5, 5.41) is 8.72. The van der Waals surface area contributed by atoms with Gasteiger partial charge in [0.25, 0.3) is 0 Å². The fourth-order valence-corrected chi connectivity index (χ4v) is 3.32. The van der Waals surface area contributed by atoms with Crippen LogP contribution < -0.4 is 4.74 Å². The maximum absolute atomic E-state index is 5.86. The molecule has 2 heterocycles. The van der Waals surface area contributed by atoms with Gasteiger partial charge in [0.1, 0.15) is 18.1 Å². The maximum atomic E-state index is 5.86. The molecule has 5 heteroatoms. The van der Waals surface area contributed by atoms with Crippen LogP contribution >= 0.6 is 0 Å². The van der Waals surface area contributed by atoms with Crippen LogP contribution in [0.2, 0.25) is 0 Å². The van der Waals surface area contributed by atoms with Gasteiger partial charge in [-0.2, -0.15) is 0 Å². The standard InChI is InChI=1S/C20H22N4O/c1-2-9-18(10-3-1)24-14-20(22-23-24)16-7-6-11-19(13-16)25-15-17-8-4-5-12-21-17/h4-8,11-14,18H,1-3,9-10,15H2. The molecular weight excluding hydrogens is 312 g/mol. The molecule has 1 saturated carbocycles. The predicted molar refractivity (Wildman–Crippen MR) is 96.1 cm³/mol. The van der Waals surface area contributed by atoms with E-state index in [-0.39, 0.29) is 0 Å². The second-order valence-electron chi connectivity index (χ2n) is 6.51. The number of benzene rings is 1. The van der Waals surface area contributed by atoms with Crippen molar-refractivity contribution in [1.82, 2.24) is 20.0 Å². The summed E-state index contributed by atoms with van der Waals surface area (Å²) in [4.78, 5) is 4.28. The van der Waals surface area contributed by atoms with E-state index < -0.39 is 0 Å². The molecule has 4 rings (SSSR count). The van der Waals surface area contributed by atoms with E-state index in [1.54, 1.807) is 6.20 Å². The van der Waals surface area contributed by atoms with Gasteiger partial charge in [0.2, 0.25) is 0 Å². The Balaban J connectivity index is 1.46. The molecule has 0 spiro atoms. The summed E-state index contributed by atoms with van der Waals surface area (Å²) >= 11 is 0. The van der Waals surface area contributed by atoms with Gasteiger partial charge in [-0.1, -0.05) is 42.7 Å². The lowest BCUT2D eigenvalue weighted by Gasteiger charge is -2.20. The molecule has 0 radical (unpaired) electrons. The second-order valence-corrected chi connectivity index (χ2v) is 6.51. The highest BCUT2D eigenvalue weighted by Gasteiger charge is 2.17. The van der Waals surface area contributed by atoms with Crippen LogP contribution in [0, 0.1) is 0 Å². The lowest BCUT2D eigenvalue weighted by Crippen LogP contribution is -2.13. The SMILES string of the molecule is c1ccc(COc2cccc(-c3cn(C4CCCCC4)nn3)c2)nc1. The third-order valence-corrected chi connectivity index (χ3v) is 4.70. The lowest BCUT2D eigenvalue weighted by molar-refractivity contribution is 0.301. The highest BCUT2D eigenvalue weighted by molar-refractivity contribution is 5.59. The van der Waals surface area contributed by atoms with Gasteiger partial charge in [-0.05, 0) is 37.1 Å². The van der Waals surface area contributed by atoms with Crippen molar-refractivity contribution >= 4 is 0 Å². The first-order valence-corrected chi connectivity index (χ1v) is 8.93. The van der Waals surface area contributed by atoms with Crippen molar-refractivity contribution < 1.29 is 4.74 Å². The molecule has 0 saturated heterocycles. The van der Waals surface area contributed by atoms with Gasteiger partial charge < -0.3 is 4.74 Å². The lowest BCUT2D eigenvalue weighted by atomic mass is 9.96. The third-order valence-electron chi connectivity index (χ3n) is 4.70. The van der Waals surface area contributed by atoms with E-state index in [4.69, 9.17) is 4.74 Å². The number of rotatable bonds is 5. The van der Waals surface area contributed by atoms with Gasteiger partial charge in [-0.3, -0.25) is 4.98 Å². The van der Waals surface area contributed by atoms with E-state index >= 15 is 0 Å². The van der Waals surface area contributed by atoms with Crippen LogP contribution in [0.25, 0.3) is 11.3 Å². The fraction of sp³-hybridized carbons (Fsp3) is 0.350. The van der Waals surface area contributed by atoms with Crippen molar-refractivity contribution in [2.24, 2.45) is 0 Å². The Morgan fingerprint density at radius 3 is 2.80 bits per heavy atom. The van der Waals surface area contributed by atoms with Gasteiger partial charge in [0.15, 0.2) is 0 Å². The van der Waals surface area contributed by atoms with Gasteiger partial charge in [0, 0.05) is 11.8 Å². The minimum Gasteiger partial charge on any atom is -0.487 e.